The van der Waals surface area contributed by atoms with Crippen molar-refractivity contribution in [3.63, 3.8) is 0 Å². The molecular formula is C16H33N3O. The molecule has 1 aliphatic rings. The summed E-state index contributed by atoms with van der Waals surface area (Å²) in [5, 5.41) is 6.48. The fraction of sp³-hybridized carbons (Fsp3) is 0.938. The summed E-state index contributed by atoms with van der Waals surface area (Å²) in [5.74, 6) is 0.193. The van der Waals surface area contributed by atoms with Gasteiger partial charge in [-0.25, -0.2) is 0 Å². The summed E-state index contributed by atoms with van der Waals surface area (Å²) in [6, 6.07) is 0.578. The molecule has 1 saturated carbocycles. The molecule has 1 aliphatic carbocycles. The number of amides is 1. The first kappa shape index (κ1) is 17.4. The van der Waals surface area contributed by atoms with E-state index in [1.165, 1.54) is 19.3 Å². The Morgan fingerprint density at radius 1 is 1.30 bits per heavy atom. The highest BCUT2D eigenvalue weighted by Gasteiger charge is 2.32. The van der Waals surface area contributed by atoms with Crippen LogP contribution in [0, 0.1) is 0 Å². The van der Waals surface area contributed by atoms with Crippen LogP contribution in [0.2, 0.25) is 0 Å². The number of likely N-dealkylation sites (N-methyl/N-ethyl adjacent to an activating group) is 1. The van der Waals surface area contributed by atoms with Crippen molar-refractivity contribution in [1.82, 2.24) is 15.5 Å². The summed E-state index contributed by atoms with van der Waals surface area (Å²) in [7, 11) is 4.12. The molecule has 0 bridgehead atoms. The highest BCUT2D eigenvalue weighted by atomic mass is 16.1. The van der Waals surface area contributed by atoms with Gasteiger partial charge in [-0.1, -0.05) is 26.2 Å². The molecule has 1 fully saturated rings. The third-order valence-corrected chi connectivity index (χ3v) is 4.97. The van der Waals surface area contributed by atoms with Crippen molar-refractivity contribution in [2.75, 3.05) is 27.2 Å². The normalized spacial score (nSPS) is 19.9. The summed E-state index contributed by atoms with van der Waals surface area (Å²) in [6.07, 6.45) is 7.82. The highest BCUT2D eigenvalue weighted by molar-refractivity contribution is 5.77. The van der Waals surface area contributed by atoms with Gasteiger partial charge in [0.2, 0.25) is 5.91 Å². The van der Waals surface area contributed by atoms with Gasteiger partial charge in [0, 0.05) is 31.1 Å². The zero-order chi connectivity index (χ0) is 15.0. The number of hydrogen-bond acceptors (Lipinski definition) is 3. The highest BCUT2D eigenvalue weighted by Crippen LogP contribution is 2.30. The first-order valence-corrected chi connectivity index (χ1v) is 8.19. The number of rotatable bonds is 8. The van der Waals surface area contributed by atoms with E-state index >= 15 is 0 Å². The Morgan fingerprint density at radius 2 is 1.95 bits per heavy atom. The quantitative estimate of drug-likeness (QED) is 0.717. The molecule has 1 unspecified atom stereocenters. The van der Waals surface area contributed by atoms with Crippen LogP contribution in [0.3, 0.4) is 0 Å². The van der Waals surface area contributed by atoms with E-state index in [2.05, 4.69) is 36.4 Å². The molecule has 0 radical (unpaired) electrons. The second kappa shape index (κ2) is 8.63. The Morgan fingerprint density at radius 3 is 2.50 bits per heavy atom. The van der Waals surface area contributed by atoms with Crippen LogP contribution in [0.25, 0.3) is 0 Å². The molecule has 20 heavy (non-hydrogen) atoms. The lowest BCUT2D eigenvalue weighted by molar-refractivity contribution is -0.122. The van der Waals surface area contributed by atoms with Crippen molar-refractivity contribution >= 4 is 5.91 Å². The first-order chi connectivity index (χ1) is 9.53. The maximum absolute atomic E-state index is 12.1. The standard InChI is InChI=1S/C16H33N3O/c1-5-14(2)19(4)12-11-18-15(20)13-16(17-3)9-7-6-8-10-16/h14,17H,5-13H2,1-4H3,(H,18,20). The van der Waals surface area contributed by atoms with E-state index < -0.39 is 0 Å². The summed E-state index contributed by atoms with van der Waals surface area (Å²) in [5.41, 5.74) is 0.0466. The average molecular weight is 283 g/mol. The molecule has 2 N–H and O–H groups in total. The predicted molar refractivity (Wildman–Crippen MR) is 84.9 cm³/mol. The maximum Gasteiger partial charge on any atom is 0.221 e. The minimum atomic E-state index is 0.0466. The lowest BCUT2D eigenvalue weighted by Crippen LogP contribution is -2.49. The van der Waals surface area contributed by atoms with Gasteiger partial charge in [-0.05, 0) is 40.3 Å². The van der Waals surface area contributed by atoms with Crippen LogP contribution in [0.5, 0.6) is 0 Å². The minimum absolute atomic E-state index is 0.0466. The first-order valence-electron chi connectivity index (χ1n) is 8.19. The van der Waals surface area contributed by atoms with Crippen LogP contribution in [-0.4, -0.2) is 49.6 Å². The minimum Gasteiger partial charge on any atom is -0.355 e. The Hall–Kier alpha value is -0.610. The molecule has 0 heterocycles. The van der Waals surface area contributed by atoms with Gasteiger partial charge in [-0.15, -0.1) is 0 Å². The van der Waals surface area contributed by atoms with E-state index in [9.17, 15) is 4.79 Å². The van der Waals surface area contributed by atoms with Gasteiger partial charge in [0.1, 0.15) is 0 Å². The average Bonchev–Trinajstić information content (AvgIpc) is 2.47. The van der Waals surface area contributed by atoms with Crippen LogP contribution < -0.4 is 10.6 Å². The third-order valence-electron chi connectivity index (χ3n) is 4.97. The molecule has 0 saturated heterocycles. The van der Waals surface area contributed by atoms with Gasteiger partial charge in [0.15, 0.2) is 0 Å². The third kappa shape index (κ3) is 5.41. The van der Waals surface area contributed by atoms with Crippen LogP contribution in [0.1, 0.15) is 58.8 Å². The smallest absolute Gasteiger partial charge is 0.221 e. The van der Waals surface area contributed by atoms with Gasteiger partial charge in [-0.3, -0.25) is 4.79 Å². The fourth-order valence-electron chi connectivity index (χ4n) is 3.02. The topological polar surface area (TPSA) is 44.4 Å². The van der Waals surface area contributed by atoms with E-state index in [4.69, 9.17) is 0 Å². The second-order valence-corrected chi connectivity index (χ2v) is 6.36. The molecular weight excluding hydrogens is 250 g/mol. The maximum atomic E-state index is 12.1. The summed E-state index contributed by atoms with van der Waals surface area (Å²) < 4.78 is 0. The van der Waals surface area contributed by atoms with Crippen molar-refractivity contribution in [2.24, 2.45) is 0 Å². The summed E-state index contributed by atoms with van der Waals surface area (Å²) in [4.78, 5) is 14.4. The number of nitrogens with one attached hydrogen (secondary N) is 2. The molecule has 0 aromatic rings. The second-order valence-electron chi connectivity index (χ2n) is 6.36. The Balaban J connectivity index is 2.28. The molecule has 1 rings (SSSR count). The van der Waals surface area contributed by atoms with Gasteiger partial charge < -0.3 is 15.5 Å². The van der Waals surface area contributed by atoms with Crippen molar-refractivity contribution in [3.8, 4) is 0 Å². The van der Waals surface area contributed by atoms with Crippen molar-refractivity contribution in [2.45, 2.75) is 70.4 Å². The van der Waals surface area contributed by atoms with Crippen molar-refractivity contribution < 1.29 is 4.79 Å². The van der Waals surface area contributed by atoms with Gasteiger partial charge in [0.05, 0.1) is 0 Å². The molecule has 0 spiro atoms. The lowest BCUT2D eigenvalue weighted by atomic mass is 9.79. The Bertz CT molecular complexity index is 287. The Labute approximate surface area is 124 Å². The number of carbonyl (C=O) groups is 1. The van der Waals surface area contributed by atoms with Gasteiger partial charge >= 0.3 is 0 Å². The number of nitrogens with zero attached hydrogens (tertiary/aromatic N) is 1. The predicted octanol–water partition coefficient (Wildman–Crippen LogP) is 2.15. The molecule has 1 amide bonds. The van der Waals surface area contributed by atoms with Crippen LogP contribution in [0.15, 0.2) is 0 Å². The number of hydrogen-bond donors (Lipinski definition) is 2. The molecule has 4 nitrogen and oxygen atoms in total. The van der Waals surface area contributed by atoms with Gasteiger partial charge in [-0.2, -0.15) is 0 Å². The lowest BCUT2D eigenvalue weighted by Gasteiger charge is -2.36. The monoisotopic (exact) mass is 283 g/mol. The Kier molecular flexibility index (Phi) is 7.52. The molecule has 1 atom stereocenters. The van der Waals surface area contributed by atoms with Crippen molar-refractivity contribution in [1.29, 1.82) is 0 Å². The molecule has 118 valence electrons. The molecule has 0 aromatic heterocycles. The SMILES string of the molecule is CCC(C)N(C)CCNC(=O)CC1(NC)CCCCC1. The number of carbonyl (C=O) groups excluding carboxylic acids is 1. The van der Waals surface area contributed by atoms with E-state index in [1.807, 2.05) is 7.05 Å². The van der Waals surface area contributed by atoms with E-state index in [0.717, 1.165) is 32.4 Å². The van der Waals surface area contributed by atoms with Crippen molar-refractivity contribution in [3.05, 3.63) is 0 Å². The fourth-order valence-corrected chi connectivity index (χ4v) is 3.02. The summed E-state index contributed by atoms with van der Waals surface area (Å²) >= 11 is 0. The molecule has 4 heteroatoms. The summed E-state index contributed by atoms with van der Waals surface area (Å²) in [6.45, 7) is 6.09. The molecule has 0 aliphatic heterocycles. The van der Waals surface area contributed by atoms with Gasteiger partial charge in [0.25, 0.3) is 0 Å². The van der Waals surface area contributed by atoms with E-state index in [0.29, 0.717) is 12.5 Å². The largest absolute Gasteiger partial charge is 0.355 e. The van der Waals surface area contributed by atoms with Crippen LogP contribution >= 0.6 is 0 Å². The zero-order valence-corrected chi connectivity index (χ0v) is 13.8. The van der Waals surface area contributed by atoms with Crippen LogP contribution in [0.4, 0.5) is 0 Å². The molecule has 0 aromatic carbocycles. The zero-order valence-electron chi connectivity index (χ0n) is 13.8. The van der Waals surface area contributed by atoms with E-state index in [-0.39, 0.29) is 11.4 Å². The van der Waals surface area contributed by atoms with E-state index in [1.54, 1.807) is 0 Å². The van der Waals surface area contributed by atoms with Crippen LogP contribution in [-0.2, 0) is 4.79 Å².